The van der Waals surface area contributed by atoms with Gasteiger partial charge in [-0.3, -0.25) is 9.59 Å². The molecule has 1 aliphatic heterocycles. The van der Waals surface area contributed by atoms with Crippen molar-refractivity contribution < 1.29 is 14.7 Å². The molecule has 1 fully saturated rings. The third-order valence-electron chi connectivity index (χ3n) is 4.28. The monoisotopic (exact) mass is 314 g/mol. The number of nitrogens with zero attached hydrogens (tertiary/aromatic N) is 4. The minimum absolute atomic E-state index is 0.154. The van der Waals surface area contributed by atoms with Crippen LogP contribution in [0.1, 0.15) is 30.1 Å². The van der Waals surface area contributed by atoms with Crippen LogP contribution in [0.25, 0.3) is 5.69 Å². The Kier molecular flexibility index (Phi) is 3.85. The molecular weight excluding hydrogens is 296 g/mol. The summed E-state index contributed by atoms with van der Waals surface area (Å²) in [7, 11) is 0. The van der Waals surface area contributed by atoms with Crippen molar-refractivity contribution in [2.75, 3.05) is 13.1 Å². The number of carbonyl (C=O) groups is 2. The summed E-state index contributed by atoms with van der Waals surface area (Å²) in [4.78, 5) is 25.8. The molecule has 23 heavy (non-hydrogen) atoms. The fraction of sp³-hybridized carbons (Fsp3) is 0.375. The van der Waals surface area contributed by atoms with Crippen molar-refractivity contribution in [2.24, 2.45) is 5.41 Å². The van der Waals surface area contributed by atoms with Crippen molar-refractivity contribution in [2.45, 2.75) is 19.8 Å². The van der Waals surface area contributed by atoms with Gasteiger partial charge in [-0.1, -0.05) is 11.3 Å². The third kappa shape index (κ3) is 2.94. The van der Waals surface area contributed by atoms with Crippen molar-refractivity contribution in [3.63, 3.8) is 0 Å². The summed E-state index contributed by atoms with van der Waals surface area (Å²) in [5.41, 5.74) is 0.385. The van der Waals surface area contributed by atoms with E-state index in [-0.39, 0.29) is 12.5 Å². The number of hydrogen-bond acceptors (Lipinski definition) is 4. The van der Waals surface area contributed by atoms with E-state index in [1.807, 2.05) is 6.07 Å². The Morgan fingerprint density at radius 2 is 2.17 bits per heavy atom. The molecule has 0 aliphatic carbocycles. The predicted octanol–water partition coefficient (Wildman–Crippen LogP) is 1.59. The molecule has 1 unspecified atom stereocenters. The highest BCUT2D eigenvalue weighted by atomic mass is 16.4. The molecule has 2 heterocycles. The maximum absolute atomic E-state index is 12.7. The lowest BCUT2D eigenvalue weighted by molar-refractivity contribution is -0.150. The van der Waals surface area contributed by atoms with Crippen LogP contribution in [0.2, 0.25) is 0 Å². The first-order valence-corrected chi connectivity index (χ1v) is 7.49. The molecule has 1 amide bonds. The number of carbonyl (C=O) groups excluding carboxylic acids is 1. The highest BCUT2D eigenvalue weighted by Crippen LogP contribution is 2.30. The normalized spacial score (nSPS) is 21.2. The van der Waals surface area contributed by atoms with Crippen LogP contribution < -0.4 is 0 Å². The summed E-state index contributed by atoms with van der Waals surface area (Å²) in [6, 6.07) is 7.09. The first-order valence-electron chi connectivity index (χ1n) is 7.49. The van der Waals surface area contributed by atoms with Crippen LogP contribution in [-0.2, 0) is 4.79 Å². The van der Waals surface area contributed by atoms with E-state index < -0.39 is 11.4 Å². The lowest BCUT2D eigenvalue weighted by Crippen LogP contribution is -2.48. The molecule has 2 aromatic rings. The van der Waals surface area contributed by atoms with Gasteiger partial charge in [-0.2, -0.15) is 0 Å². The van der Waals surface area contributed by atoms with E-state index in [0.717, 1.165) is 5.69 Å². The molecule has 0 spiro atoms. The lowest BCUT2D eigenvalue weighted by atomic mass is 9.82. The summed E-state index contributed by atoms with van der Waals surface area (Å²) in [5.74, 6) is -1.01. The Hall–Kier alpha value is -2.70. The average Bonchev–Trinajstić information content (AvgIpc) is 3.09. The second kappa shape index (κ2) is 5.83. The average molecular weight is 314 g/mol. The number of carboxylic acid groups (broad SMARTS) is 1. The third-order valence-corrected chi connectivity index (χ3v) is 4.28. The first-order chi connectivity index (χ1) is 11.0. The van der Waals surface area contributed by atoms with Crippen LogP contribution in [0.3, 0.4) is 0 Å². The Morgan fingerprint density at radius 3 is 2.87 bits per heavy atom. The molecule has 1 N–H and O–H groups in total. The van der Waals surface area contributed by atoms with E-state index in [0.29, 0.717) is 24.9 Å². The SMILES string of the molecule is CC1(C(=O)O)CCCN(C(=O)c2cccc(-n3ccnn3)c2)C1. The Balaban J connectivity index is 1.83. The van der Waals surface area contributed by atoms with E-state index >= 15 is 0 Å². The molecule has 3 rings (SSSR count). The maximum atomic E-state index is 12.7. The molecular formula is C16H18N4O3. The molecule has 1 aromatic heterocycles. The highest BCUT2D eigenvalue weighted by molar-refractivity contribution is 5.95. The van der Waals surface area contributed by atoms with Gasteiger partial charge in [0, 0.05) is 18.7 Å². The Bertz CT molecular complexity index is 729. The second-order valence-electron chi connectivity index (χ2n) is 6.09. The van der Waals surface area contributed by atoms with Gasteiger partial charge in [0.15, 0.2) is 0 Å². The minimum Gasteiger partial charge on any atom is -0.481 e. The summed E-state index contributed by atoms with van der Waals surface area (Å²) in [6.45, 7) is 2.50. The number of aromatic nitrogens is 3. The quantitative estimate of drug-likeness (QED) is 0.929. The molecule has 0 radical (unpaired) electrons. The summed E-state index contributed by atoms with van der Waals surface area (Å²) >= 11 is 0. The number of carboxylic acids is 1. The summed E-state index contributed by atoms with van der Waals surface area (Å²) in [5, 5.41) is 17.0. The first kappa shape index (κ1) is 15.2. The van der Waals surface area contributed by atoms with Gasteiger partial charge < -0.3 is 10.0 Å². The van der Waals surface area contributed by atoms with E-state index in [9.17, 15) is 14.7 Å². The topological polar surface area (TPSA) is 88.3 Å². The van der Waals surface area contributed by atoms with Crippen molar-refractivity contribution >= 4 is 11.9 Å². The van der Waals surface area contributed by atoms with Crippen LogP contribution in [-0.4, -0.2) is 50.0 Å². The van der Waals surface area contributed by atoms with E-state index in [2.05, 4.69) is 10.3 Å². The number of amides is 1. The zero-order valence-corrected chi connectivity index (χ0v) is 12.8. The van der Waals surface area contributed by atoms with Gasteiger partial charge >= 0.3 is 5.97 Å². The predicted molar refractivity (Wildman–Crippen MR) is 82.2 cm³/mol. The fourth-order valence-corrected chi connectivity index (χ4v) is 2.90. The Morgan fingerprint density at radius 1 is 1.35 bits per heavy atom. The number of benzene rings is 1. The van der Waals surface area contributed by atoms with Gasteiger partial charge in [-0.15, -0.1) is 5.10 Å². The van der Waals surface area contributed by atoms with Crippen LogP contribution in [0.5, 0.6) is 0 Å². The fourth-order valence-electron chi connectivity index (χ4n) is 2.90. The smallest absolute Gasteiger partial charge is 0.311 e. The number of aliphatic carboxylic acids is 1. The zero-order valence-electron chi connectivity index (χ0n) is 12.8. The number of piperidine rings is 1. The molecule has 0 bridgehead atoms. The number of likely N-dealkylation sites (tertiary alicyclic amines) is 1. The van der Waals surface area contributed by atoms with Gasteiger partial charge in [0.1, 0.15) is 0 Å². The Labute approximate surface area is 133 Å². The molecule has 0 saturated carbocycles. The molecule has 1 atom stereocenters. The summed E-state index contributed by atoms with van der Waals surface area (Å²) in [6.07, 6.45) is 4.55. The standard InChI is InChI=1S/C16H18N4O3/c1-16(15(22)23)6-3-8-19(11-16)14(21)12-4-2-5-13(10-12)20-9-7-17-18-20/h2,4-5,7,9-10H,3,6,8,11H2,1H3,(H,22,23). The number of hydrogen-bond donors (Lipinski definition) is 1. The lowest BCUT2D eigenvalue weighted by Gasteiger charge is -2.37. The molecule has 7 heteroatoms. The molecule has 120 valence electrons. The highest BCUT2D eigenvalue weighted by Gasteiger charge is 2.39. The van der Waals surface area contributed by atoms with Crippen molar-refractivity contribution in [1.29, 1.82) is 0 Å². The van der Waals surface area contributed by atoms with Crippen molar-refractivity contribution in [1.82, 2.24) is 19.9 Å². The van der Waals surface area contributed by atoms with Gasteiger partial charge in [-0.05, 0) is 38.0 Å². The maximum Gasteiger partial charge on any atom is 0.311 e. The molecule has 1 aromatic carbocycles. The summed E-state index contributed by atoms with van der Waals surface area (Å²) < 4.78 is 1.58. The second-order valence-corrected chi connectivity index (χ2v) is 6.09. The van der Waals surface area contributed by atoms with Gasteiger partial charge in [-0.25, -0.2) is 4.68 Å². The van der Waals surface area contributed by atoms with E-state index in [4.69, 9.17) is 0 Å². The van der Waals surface area contributed by atoms with E-state index in [1.165, 1.54) is 0 Å². The molecule has 7 nitrogen and oxygen atoms in total. The van der Waals surface area contributed by atoms with Crippen molar-refractivity contribution in [3.05, 3.63) is 42.2 Å². The van der Waals surface area contributed by atoms with Gasteiger partial charge in [0.2, 0.25) is 0 Å². The van der Waals surface area contributed by atoms with Gasteiger partial charge in [0.05, 0.1) is 23.5 Å². The van der Waals surface area contributed by atoms with Crippen molar-refractivity contribution in [3.8, 4) is 5.69 Å². The zero-order chi connectivity index (χ0) is 16.4. The minimum atomic E-state index is -0.878. The van der Waals surface area contributed by atoms with Crippen LogP contribution in [0, 0.1) is 5.41 Å². The number of rotatable bonds is 3. The van der Waals surface area contributed by atoms with Crippen LogP contribution in [0.4, 0.5) is 0 Å². The largest absolute Gasteiger partial charge is 0.481 e. The molecule has 1 saturated heterocycles. The van der Waals surface area contributed by atoms with Crippen LogP contribution >= 0.6 is 0 Å². The molecule has 1 aliphatic rings. The van der Waals surface area contributed by atoms with E-state index in [1.54, 1.807) is 47.1 Å². The van der Waals surface area contributed by atoms with Crippen LogP contribution in [0.15, 0.2) is 36.7 Å². The van der Waals surface area contributed by atoms with Gasteiger partial charge in [0.25, 0.3) is 5.91 Å².